The molecule has 3 aromatic rings. The van der Waals surface area contributed by atoms with Crippen LogP contribution in [0.3, 0.4) is 0 Å². The molecule has 2 aliphatic rings. The number of pyridine rings is 1. The van der Waals surface area contributed by atoms with Crippen LogP contribution in [0, 0.1) is 11.3 Å². The van der Waals surface area contributed by atoms with Crippen LogP contribution >= 0.6 is 0 Å². The summed E-state index contributed by atoms with van der Waals surface area (Å²) in [5, 5.41) is 1.19. The molecule has 0 N–H and O–H groups in total. The van der Waals surface area contributed by atoms with Gasteiger partial charge in [-0.3, -0.25) is 14.6 Å². The summed E-state index contributed by atoms with van der Waals surface area (Å²) in [5.74, 6) is 0.948. The molecule has 2 saturated heterocycles. The van der Waals surface area contributed by atoms with Crippen LogP contribution in [0.2, 0.25) is 0 Å². The Hall–Kier alpha value is -3.21. The standard InChI is InChI=1S/C30H35N3O2/c1-30(14-19-32(20-15-30)28(34)25-8-3-2-4-9-25)29(35)33-17-6-7-23(13-18-33)21-24-11-12-27-26(22-24)10-5-16-31-27/h2-5,8-12,16,22-23H,6-7,13-15,17-21H2,1H3. The third kappa shape index (κ3) is 5.24. The van der Waals surface area contributed by atoms with Crippen LogP contribution < -0.4 is 0 Å². The molecule has 5 heteroatoms. The summed E-state index contributed by atoms with van der Waals surface area (Å²) >= 11 is 0. The van der Waals surface area contributed by atoms with Crippen molar-refractivity contribution in [3.63, 3.8) is 0 Å². The highest BCUT2D eigenvalue weighted by molar-refractivity contribution is 5.94. The molecule has 2 aromatic carbocycles. The van der Waals surface area contributed by atoms with Gasteiger partial charge in [0, 0.05) is 48.7 Å². The number of carbonyl (C=O) groups is 2. The van der Waals surface area contributed by atoms with Gasteiger partial charge in [0.25, 0.3) is 5.91 Å². The van der Waals surface area contributed by atoms with Crippen LogP contribution in [0.25, 0.3) is 10.9 Å². The van der Waals surface area contributed by atoms with Crippen molar-refractivity contribution in [1.29, 1.82) is 0 Å². The van der Waals surface area contributed by atoms with Crippen LogP contribution in [0.1, 0.15) is 54.9 Å². The third-order valence-electron chi connectivity index (χ3n) is 8.02. The first-order valence-electron chi connectivity index (χ1n) is 13.0. The number of piperidine rings is 1. The fraction of sp³-hybridized carbons (Fsp3) is 0.433. The van der Waals surface area contributed by atoms with E-state index in [1.165, 1.54) is 10.9 Å². The van der Waals surface area contributed by atoms with E-state index in [1.54, 1.807) is 0 Å². The minimum Gasteiger partial charge on any atom is -0.342 e. The van der Waals surface area contributed by atoms with Crippen molar-refractivity contribution in [2.75, 3.05) is 26.2 Å². The highest BCUT2D eigenvalue weighted by Gasteiger charge is 2.41. The summed E-state index contributed by atoms with van der Waals surface area (Å²) in [4.78, 5) is 34.9. The average molecular weight is 470 g/mol. The van der Waals surface area contributed by atoms with Crippen molar-refractivity contribution in [3.05, 3.63) is 78.0 Å². The molecule has 0 saturated carbocycles. The van der Waals surface area contributed by atoms with Gasteiger partial charge >= 0.3 is 0 Å². The molecule has 2 aliphatic heterocycles. The zero-order valence-corrected chi connectivity index (χ0v) is 20.7. The lowest BCUT2D eigenvalue weighted by molar-refractivity contribution is -0.143. The summed E-state index contributed by atoms with van der Waals surface area (Å²) in [6, 6.07) is 20.1. The van der Waals surface area contributed by atoms with Crippen LogP contribution in [0.15, 0.2) is 66.9 Å². The van der Waals surface area contributed by atoms with Crippen molar-refractivity contribution in [1.82, 2.24) is 14.8 Å². The fourth-order valence-corrected chi connectivity index (χ4v) is 5.72. The molecule has 0 bridgehead atoms. The van der Waals surface area contributed by atoms with Crippen molar-refractivity contribution in [2.24, 2.45) is 11.3 Å². The number of amides is 2. The number of aromatic nitrogens is 1. The lowest BCUT2D eigenvalue weighted by Gasteiger charge is -2.41. The minimum absolute atomic E-state index is 0.0715. The van der Waals surface area contributed by atoms with Gasteiger partial charge in [0.2, 0.25) is 5.91 Å². The van der Waals surface area contributed by atoms with E-state index in [1.807, 2.05) is 47.5 Å². The number of hydrogen-bond donors (Lipinski definition) is 0. The van der Waals surface area contributed by atoms with Crippen LogP contribution in [-0.2, 0) is 11.2 Å². The molecule has 35 heavy (non-hydrogen) atoms. The summed E-state index contributed by atoms with van der Waals surface area (Å²) in [6.45, 7) is 5.07. The van der Waals surface area contributed by atoms with Crippen LogP contribution in [-0.4, -0.2) is 52.8 Å². The van der Waals surface area contributed by atoms with E-state index in [0.717, 1.165) is 62.7 Å². The molecule has 1 atom stereocenters. The highest BCUT2D eigenvalue weighted by atomic mass is 16.2. The lowest BCUT2D eigenvalue weighted by Crippen LogP contribution is -2.50. The van der Waals surface area contributed by atoms with Gasteiger partial charge in [-0.2, -0.15) is 0 Å². The number of likely N-dealkylation sites (tertiary alicyclic amines) is 2. The Kier molecular flexibility index (Phi) is 6.85. The zero-order chi connectivity index (χ0) is 24.3. The van der Waals surface area contributed by atoms with Crippen LogP contribution in [0.4, 0.5) is 0 Å². The molecule has 1 aromatic heterocycles. The summed E-state index contributed by atoms with van der Waals surface area (Å²) in [6.07, 6.45) is 7.62. The molecule has 1 unspecified atom stereocenters. The number of benzene rings is 2. The quantitative estimate of drug-likeness (QED) is 0.518. The predicted octanol–water partition coefficient (Wildman–Crippen LogP) is 5.35. The molecule has 0 spiro atoms. The normalized spacial score (nSPS) is 20.4. The Balaban J connectivity index is 1.16. The molecule has 5 nitrogen and oxygen atoms in total. The summed E-state index contributed by atoms with van der Waals surface area (Å²) in [5.41, 5.74) is 2.75. The largest absolute Gasteiger partial charge is 0.342 e. The molecule has 5 rings (SSSR count). The van der Waals surface area contributed by atoms with Gasteiger partial charge in [0.15, 0.2) is 0 Å². The number of fused-ring (bicyclic) bond motifs is 1. The monoisotopic (exact) mass is 469 g/mol. The first-order chi connectivity index (χ1) is 17.0. The summed E-state index contributed by atoms with van der Waals surface area (Å²) < 4.78 is 0. The van der Waals surface area contributed by atoms with Crippen molar-refractivity contribution in [2.45, 2.75) is 45.4 Å². The fourth-order valence-electron chi connectivity index (χ4n) is 5.72. The van der Waals surface area contributed by atoms with Gasteiger partial charge in [0.1, 0.15) is 0 Å². The van der Waals surface area contributed by atoms with E-state index in [2.05, 4.69) is 41.1 Å². The number of hydrogen-bond acceptors (Lipinski definition) is 3. The Morgan fingerprint density at radius 3 is 2.51 bits per heavy atom. The zero-order valence-electron chi connectivity index (χ0n) is 20.7. The van der Waals surface area contributed by atoms with Crippen molar-refractivity contribution < 1.29 is 9.59 Å². The topological polar surface area (TPSA) is 53.5 Å². The molecule has 0 radical (unpaired) electrons. The van der Waals surface area contributed by atoms with E-state index in [0.29, 0.717) is 19.0 Å². The Morgan fingerprint density at radius 2 is 1.71 bits per heavy atom. The third-order valence-corrected chi connectivity index (χ3v) is 8.02. The first kappa shape index (κ1) is 23.5. The second-order valence-electron chi connectivity index (χ2n) is 10.5. The van der Waals surface area contributed by atoms with E-state index >= 15 is 0 Å². The van der Waals surface area contributed by atoms with Crippen LogP contribution in [0.5, 0.6) is 0 Å². The number of nitrogens with zero attached hydrogens (tertiary/aromatic N) is 3. The molecule has 2 amide bonds. The Labute approximate surface area is 208 Å². The molecule has 2 fully saturated rings. The molecular weight excluding hydrogens is 434 g/mol. The van der Waals surface area contributed by atoms with Gasteiger partial charge in [-0.1, -0.05) is 37.3 Å². The minimum atomic E-state index is -0.376. The maximum atomic E-state index is 13.6. The van der Waals surface area contributed by atoms with E-state index < -0.39 is 0 Å². The first-order valence-corrected chi connectivity index (χ1v) is 13.0. The van der Waals surface area contributed by atoms with Gasteiger partial charge in [0.05, 0.1) is 5.52 Å². The van der Waals surface area contributed by atoms with E-state index in [4.69, 9.17) is 0 Å². The number of rotatable bonds is 4. The maximum Gasteiger partial charge on any atom is 0.253 e. The summed E-state index contributed by atoms with van der Waals surface area (Å²) in [7, 11) is 0. The Morgan fingerprint density at radius 1 is 0.914 bits per heavy atom. The average Bonchev–Trinajstić information content (AvgIpc) is 3.14. The predicted molar refractivity (Wildman–Crippen MR) is 139 cm³/mol. The SMILES string of the molecule is CC1(C(=O)N2CCCC(Cc3ccc4ncccc4c3)CC2)CCN(C(=O)c2ccccc2)CC1. The molecule has 0 aliphatic carbocycles. The van der Waals surface area contributed by atoms with Crippen molar-refractivity contribution >= 4 is 22.7 Å². The maximum absolute atomic E-state index is 13.6. The molecule has 182 valence electrons. The van der Waals surface area contributed by atoms with Crippen molar-refractivity contribution in [3.8, 4) is 0 Å². The van der Waals surface area contributed by atoms with E-state index in [9.17, 15) is 9.59 Å². The van der Waals surface area contributed by atoms with E-state index in [-0.39, 0.29) is 17.2 Å². The lowest BCUT2D eigenvalue weighted by atomic mass is 9.78. The highest BCUT2D eigenvalue weighted by Crippen LogP contribution is 2.35. The molecular formula is C30H35N3O2. The molecule has 3 heterocycles. The Bertz CT molecular complexity index is 1180. The second kappa shape index (κ2) is 10.2. The van der Waals surface area contributed by atoms with Gasteiger partial charge in [-0.15, -0.1) is 0 Å². The smallest absolute Gasteiger partial charge is 0.253 e. The van der Waals surface area contributed by atoms with Gasteiger partial charge in [-0.25, -0.2) is 0 Å². The number of carbonyl (C=O) groups excluding carboxylic acids is 2. The second-order valence-corrected chi connectivity index (χ2v) is 10.5. The van der Waals surface area contributed by atoms with Gasteiger partial charge in [-0.05, 0) is 80.3 Å². The van der Waals surface area contributed by atoms with Gasteiger partial charge < -0.3 is 9.80 Å².